The molecule has 1 aliphatic carbocycles. The van der Waals surface area contributed by atoms with E-state index in [1.54, 1.807) is 0 Å². The highest BCUT2D eigenvalue weighted by atomic mass is 16.3. The summed E-state index contributed by atoms with van der Waals surface area (Å²) in [5.41, 5.74) is 5.91. The molecular weight excluding hydrogens is 212 g/mol. The second kappa shape index (κ2) is 4.11. The highest BCUT2D eigenvalue weighted by Crippen LogP contribution is 2.47. The fourth-order valence-electron chi connectivity index (χ4n) is 3.13. The van der Waals surface area contributed by atoms with Crippen LogP contribution in [-0.4, -0.2) is 16.8 Å². The van der Waals surface area contributed by atoms with Crippen molar-refractivity contribution in [3.05, 3.63) is 33.9 Å². The van der Waals surface area contributed by atoms with Gasteiger partial charge in [0.2, 0.25) is 0 Å². The van der Waals surface area contributed by atoms with E-state index in [2.05, 4.69) is 33.8 Å². The molecule has 1 aromatic carbocycles. The molecule has 2 heteroatoms. The SMILES string of the molecule is Cc1cc2c(c(C)c1CCO)C(O)C(C)(C)C2. The van der Waals surface area contributed by atoms with Crippen molar-refractivity contribution in [1.82, 2.24) is 0 Å². The minimum Gasteiger partial charge on any atom is -0.396 e. The summed E-state index contributed by atoms with van der Waals surface area (Å²) in [4.78, 5) is 0. The van der Waals surface area contributed by atoms with Crippen LogP contribution in [0.1, 0.15) is 47.8 Å². The normalized spacial score (nSPS) is 21.6. The maximum Gasteiger partial charge on any atom is 0.0849 e. The lowest BCUT2D eigenvalue weighted by molar-refractivity contribution is 0.0661. The molecule has 17 heavy (non-hydrogen) atoms. The first kappa shape index (κ1) is 12.6. The van der Waals surface area contributed by atoms with Gasteiger partial charge in [0, 0.05) is 6.61 Å². The molecule has 1 aromatic rings. The molecule has 2 rings (SSSR count). The largest absolute Gasteiger partial charge is 0.396 e. The number of rotatable bonds is 2. The third-order valence-corrected chi connectivity index (χ3v) is 4.09. The van der Waals surface area contributed by atoms with Crippen LogP contribution in [0.25, 0.3) is 0 Å². The van der Waals surface area contributed by atoms with Crippen molar-refractivity contribution < 1.29 is 10.2 Å². The van der Waals surface area contributed by atoms with Gasteiger partial charge in [0.15, 0.2) is 0 Å². The summed E-state index contributed by atoms with van der Waals surface area (Å²) in [5, 5.41) is 19.5. The van der Waals surface area contributed by atoms with Crippen LogP contribution in [0.3, 0.4) is 0 Å². The molecule has 2 nitrogen and oxygen atoms in total. The third-order valence-electron chi connectivity index (χ3n) is 4.09. The Morgan fingerprint density at radius 3 is 2.59 bits per heavy atom. The van der Waals surface area contributed by atoms with Crippen LogP contribution in [-0.2, 0) is 12.8 Å². The molecular formula is C15H22O2. The van der Waals surface area contributed by atoms with Crippen molar-refractivity contribution in [3.63, 3.8) is 0 Å². The van der Waals surface area contributed by atoms with Crippen molar-refractivity contribution in [2.75, 3.05) is 6.61 Å². The number of hydrogen-bond acceptors (Lipinski definition) is 2. The Kier molecular flexibility index (Phi) is 3.04. The van der Waals surface area contributed by atoms with Gasteiger partial charge in [0.1, 0.15) is 0 Å². The van der Waals surface area contributed by atoms with Crippen molar-refractivity contribution in [3.8, 4) is 0 Å². The van der Waals surface area contributed by atoms with Crippen molar-refractivity contribution in [1.29, 1.82) is 0 Å². The summed E-state index contributed by atoms with van der Waals surface area (Å²) >= 11 is 0. The molecule has 0 spiro atoms. The summed E-state index contributed by atoms with van der Waals surface area (Å²) < 4.78 is 0. The van der Waals surface area contributed by atoms with Gasteiger partial charge in [-0.05, 0) is 59.9 Å². The molecule has 1 atom stereocenters. The molecule has 1 unspecified atom stereocenters. The van der Waals surface area contributed by atoms with Gasteiger partial charge in [-0.3, -0.25) is 0 Å². The van der Waals surface area contributed by atoms with Crippen LogP contribution in [0.15, 0.2) is 6.07 Å². The first-order valence-electron chi connectivity index (χ1n) is 6.29. The van der Waals surface area contributed by atoms with E-state index in [0.29, 0.717) is 6.42 Å². The first-order chi connectivity index (χ1) is 7.88. The standard InChI is InChI=1S/C15H22O2/c1-9-7-11-8-15(3,4)14(17)13(11)10(2)12(9)5-6-16/h7,14,16-17H,5-6,8H2,1-4H3. The number of aryl methyl sites for hydroxylation is 1. The molecule has 1 aliphatic rings. The maximum absolute atomic E-state index is 10.4. The van der Waals surface area contributed by atoms with E-state index < -0.39 is 0 Å². The molecule has 0 aromatic heterocycles. The molecule has 0 saturated carbocycles. The van der Waals surface area contributed by atoms with Gasteiger partial charge in [-0.1, -0.05) is 19.9 Å². The fourth-order valence-corrected chi connectivity index (χ4v) is 3.13. The summed E-state index contributed by atoms with van der Waals surface area (Å²) in [6.45, 7) is 8.55. The van der Waals surface area contributed by atoms with Gasteiger partial charge >= 0.3 is 0 Å². The van der Waals surface area contributed by atoms with E-state index in [1.165, 1.54) is 22.3 Å². The van der Waals surface area contributed by atoms with Gasteiger partial charge in [0.05, 0.1) is 6.10 Å². The monoisotopic (exact) mass is 234 g/mol. The summed E-state index contributed by atoms with van der Waals surface area (Å²) in [6.07, 6.45) is 1.23. The highest BCUT2D eigenvalue weighted by molar-refractivity contribution is 5.49. The quantitative estimate of drug-likeness (QED) is 0.825. The first-order valence-corrected chi connectivity index (χ1v) is 6.29. The van der Waals surface area contributed by atoms with Crippen molar-refractivity contribution in [2.45, 2.75) is 46.6 Å². The predicted octanol–water partition coefficient (Wildman–Crippen LogP) is 2.45. The summed E-state index contributed by atoms with van der Waals surface area (Å²) in [5.74, 6) is 0. The van der Waals surface area contributed by atoms with E-state index >= 15 is 0 Å². The van der Waals surface area contributed by atoms with E-state index in [1.807, 2.05) is 0 Å². The Morgan fingerprint density at radius 2 is 2.00 bits per heavy atom. The Labute approximate surface area is 103 Å². The molecule has 0 heterocycles. The number of benzene rings is 1. The van der Waals surface area contributed by atoms with E-state index in [-0.39, 0.29) is 18.1 Å². The molecule has 0 aliphatic heterocycles. The topological polar surface area (TPSA) is 40.5 Å². The lowest BCUT2D eigenvalue weighted by Crippen LogP contribution is -2.17. The molecule has 94 valence electrons. The molecule has 0 amide bonds. The number of aliphatic hydroxyl groups excluding tert-OH is 2. The zero-order valence-corrected chi connectivity index (χ0v) is 11.2. The fraction of sp³-hybridized carbons (Fsp3) is 0.600. The molecule has 2 N–H and O–H groups in total. The average molecular weight is 234 g/mol. The van der Waals surface area contributed by atoms with Crippen LogP contribution in [0, 0.1) is 19.3 Å². The van der Waals surface area contributed by atoms with Crippen LogP contribution >= 0.6 is 0 Å². The van der Waals surface area contributed by atoms with Crippen LogP contribution in [0.5, 0.6) is 0 Å². The second-order valence-electron chi connectivity index (χ2n) is 5.91. The van der Waals surface area contributed by atoms with E-state index in [0.717, 1.165) is 12.0 Å². The predicted molar refractivity (Wildman–Crippen MR) is 69.2 cm³/mol. The lowest BCUT2D eigenvalue weighted by Gasteiger charge is -2.23. The minimum atomic E-state index is -0.379. The van der Waals surface area contributed by atoms with Gasteiger partial charge in [0.25, 0.3) is 0 Å². The van der Waals surface area contributed by atoms with Gasteiger partial charge in [-0.25, -0.2) is 0 Å². The Balaban J connectivity index is 2.58. The number of fused-ring (bicyclic) bond motifs is 1. The van der Waals surface area contributed by atoms with E-state index in [9.17, 15) is 5.11 Å². The van der Waals surface area contributed by atoms with Crippen LogP contribution in [0.4, 0.5) is 0 Å². The molecule has 0 fully saturated rings. The van der Waals surface area contributed by atoms with E-state index in [4.69, 9.17) is 5.11 Å². The average Bonchev–Trinajstić information content (AvgIpc) is 2.44. The van der Waals surface area contributed by atoms with Gasteiger partial charge in [-0.15, -0.1) is 0 Å². The smallest absolute Gasteiger partial charge is 0.0849 e. The third kappa shape index (κ3) is 1.90. The van der Waals surface area contributed by atoms with Gasteiger partial charge < -0.3 is 10.2 Å². The number of hydrogen-bond donors (Lipinski definition) is 2. The summed E-state index contributed by atoms with van der Waals surface area (Å²) in [7, 11) is 0. The Bertz CT molecular complexity index is 447. The lowest BCUT2D eigenvalue weighted by atomic mass is 9.86. The highest BCUT2D eigenvalue weighted by Gasteiger charge is 2.39. The van der Waals surface area contributed by atoms with Crippen molar-refractivity contribution in [2.24, 2.45) is 5.41 Å². The van der Waals surface area contributed by atoms with Crippen LogP contribution in [0.2, 0.25) is 0 Å². The Morgan fingerprint density at radius 1 is 1.35 bits per heavy atom. The molecule has 0 bridgehead atoms. The zero-order valence-electron chi connectivity index (χ0n) is 11.2. The number of aliphatic hydroxyl groups is 2. The zero-order chi connectivity index (χ0) is 12.8. The van der Waals surface area contributed by atoms with Crippen LogP contribution < -0.4 is 0 Å². The van der Waals surface area contributed by atoms with Crippen molar-refractivity contribution >= 4 is 0 Å². The van der Waals surface area contributed by atoms with Gasteiger partial charge in [-0.2, -0.15) is 0 Å². The maximum atomic E-state index is 10.4. The second-order valence-corrected chi connectivity index (χ2v) is 5.91. The molecule has 0 saturated heterocycles. The molecule has 0 radical (unpaired) electrons. The Hall–Kier alpha value is -0.860. The summed E-state index contributed by atoms with van der Waals surface area (Å²) in [6, 6.07) is 2.19. The minimum absolute atomic E-state index is 0.0721.